The van der Waals surface area contributed by atoms with Gasteiger partial charge in [-0.05, 0) is 12.1 Å². The molecule has 0 aliphatic heterocycles. The van der Waals surface area contributed by atoms with Crippen LogP contribution in [0.25, 0.3) is 5.52 Å². The summed E-state index contributed by atoms with van der Waals surface area (Å²) in [6, 6.07) is 6.93. The molecule has 6 heteroatoms. The standard InChI is InChI=1S/C15H10BrN3O2/c16-11-3-1-10(2-4-11)14(20)7-15(21)12-8-18-19-6-5-17-9-13(12)19/h1-6,8-9H,7H2. The molecule has 0 aliphatic carbocycles. The summed E-state index contributed by atoms with van der Waals surface area (Å²) in [5.41, 5.74) is 1.53. The van der Waals surface area contributed by atoms with Crippen LogP contribution in [0.4, 0.5) is 0 Å². The maximum atomic E-state index is 12.3. The topological polar surface area (TPSA) is 64.3 Å². The first-order valence-corrected chi connectivity index (χ1v) is 7.04. The molecule has 0 radical (unpaired) electrons. The number of ketones is 2. The smallest absolute Gasteiger partial charge is 0.174 e. The highest BCUT2D eigenvalue weighted by molar-refractivity contribution is 9.10. The number of Topliss-reactive ketones (excluding diaryl/α,β-unsaturated/α-hetero) is 2. The first-order valence-electron chi connectivity index (χ1n) is 6.24. The number of carbonyl (C=O) groups excluding carboxylic acids is 2. The van der Waals surface area contributed by atoms with Crippen LogP contribution in [0.2, 0.25) is 0 Å². The van der Waals surface area contributed by atoms with Crippen LogP contribution in [-0.2, 0) is 0 Å². The van der Waals surface area contributed by atoms with Gasteiger partial charge < -0.3 is 0 Å². The second-order valence-corrected chi connectivity index (χ2v) is 5.41. The molecular formula is C15H10BrN3O2. The Morgan fingerprint density at radius 2 is 1.86 bits per heavy atom. The number of halogens is 1. The maximum Gasteiger partial charge on any atom is 0.174 e. The fourth-order valence-electron chi connectivity index (χ4n) is 2.03. The lowest BCUT2D eigenvalue weighted by molar-refractivity contribution is 0.0895. The third kappa shape index (κ3) is 2.75. The first-order chi connectivity index (χ1) is 10.1. The zero-order valence-corrected chi connectivity index (χ0v) is 12.4. The number of hydrogen-bond donors (Lipinski definition) is 0. The molecular weight excluding hydrogens is 334 g/mol. The van der Waals surface area contributed by atoms with E-state index in [0.717, 1.165) is 4.47 Å². The van der Waals surface area contributed by atoms with E-state index in [1.807, 2.05) is 0 Å². The average molecular weight is 344 g/mol. The quantitative estimate of drug-likeness (QED) is 0.539. The van der Waals surface area contributed by atoms with Crippen LogP contribution in [0, 0.1) is 0 Å². The molecule has 0 saturated heterocycles. The summed E-state index contributed by atoms with van der Waals surface area (Å²) in [5, 5.41) is 4.07. The van der Waals surface area contributed by atoms with Crippen LogP contribution in [-0.4, -0.2) is 26.2 Å². The molecule has 0 saturated carbocycles. The van der Waals surface area contributed by atoms with Crippen molar-refractivity contribution >= 4 is 33.0 Å². The van der Waals surface area contributed by atoms with Crippen molar-refractivity contribution < 1.29 is 9.59 Å². The van der Waals surface area contributed by atoms with Crippen LogP contribution in [0.1, 0.15) is 27.1 Å². The molecule has 1 aromatic carbocycles. The fraction of sp³-hybridized carbons (Fsp3) is 0.0667. The Balaban J connectivity index is 1.83. The van der Waals surface area contributed by atoms with Crippen molar-refractivity contribution in [3.8, 4) is 0 Å². The molecule has 0 aliphatic rings. The monoisotopic (exact) mass is 343 g/mol. The van der Waals surface area contributed by atoms with E-state index < -0.39 is 0 Å². The van der Waals surface area contributed by atoms with Gasteiger partial charge in [-0.2, -0.15) is 5.10 Å². The number of fused-ring (bicyclic) bond motifs is 1. The van der Waals surface area contributed by atoms with E-state index in [-0.39, 0.29) is 18.0 Å². The highest BCUT2D eigenvalue weighted by Crippen LogP contribution is 2.15. The van der Waals surface area contributed by atoms with Gasteiger partial charge in [0.05, 0.1) is 29.9 Å². The van der Waals surface area contributed by atoms with Gasteiger partial charge in [0.15, 0.2) is 11.6 Å². The van der Waals surface area contributed by atoms with Crippen molar-refractivity contribution in [3.63, 3.8) is 0 Å². The molecule has 0 bridgehead atoms. The Bertz CT molecular complexity index is 824. The molecule has 0 fully saturated rings. The number of nitrogens with zero attached hydrogens (tertiary/aromatic N) is 3. The Labute approximate surface area is 128 Å². The summed E-state index contributed by atoms with van der Waals surface area (Å²) in [5.74, 6) is -0.471. The summed E-state index contributed by atoms with van der Waals surface area (Å²) >= 11 is 3.31. The second-order valence-electron chi connectivity index (χ2n) is 4.49. The van der Waals surface area contributed by atoms with Crippen molar-refractivity contribution in [1.29, 1.82) is 0 Å². The van der Waals surface area contributed by atoms with Crippen LogP contribution in [0.5, 0.6) is 0 Å². The molecule has 0 amide bonds. The van der Waals surface area contributed by atoms with E-state index in [4.69, 9.17) is 0 Å². The van der Waals surface area contributed by atoms with Crippen LogP contribution < -0.4 is 0 Å². The number of carbonyl (C=O) groups is 2. The number of aromatic nitrogens is 3. The predicted molar refractivity (Wildman–Crippen MR) is 80.4 cm³/mol. The predicted octanol–water partition coefficient (Wildman–Crippen LogP) is 2.95. The Morgan fingerprint density at radius 1 is 1.10 bits per heavy atom. The number of rotatable bonds is 4. The molecule has 2 aromatic heterocycles. The van der Waals surface area contributed by atoms with Crippen LogP contribution in [0.3, 0.4) is 0 Å². The average Bonchev–Trinajstić information content (AvgIpc) is 2.92. The summed E-state index contributed by atoms with van der Waals surface area (Å²) in [6.07, 6.45) is 6.08. The van der Waals surface area contributed by atoms with Gasteiger partial charge in [-0.3, -0.25) is 14.6 Å². The van der Waals surface area contributed by atoms with E-state index in [1.54, 1.807) is 47.4 Å². The van der Waals surface area contributed by atoms with E-state index in [0.29, 0.717) is 16.6 Å². The summed E-state index contributed by atoms with van der Waals surface area (Å²) in [6.45, 7) is 0. The number of benzene rings is 1. The van der Waals surface area contributed by atoms with Crippen LogP contribution >= 0.6 is 15.9 Å². The van der Waals surface area contributed by atoms with Crippen molar-refractivity contribution in [2.45, 2.75) is 6.42 Å². The molecule has 3 aromatic rings. The van der Waals surface area contributed by atoms with E-state index >= 15 is 0 Å². The van der Waals surface area contributed by atoms with Crippen LogP contribution in [0.15, 0.2) is 53.5 Å². The maximum absolute atomic E-state index is 12.3. The minimum Gasteiger partial charge on any atom is -0.294 e. The summed E-state index contributed by atoms with van der Waals surface area (Å²) in [7, 11) is 0. The SMILES string of the molecule is O=C(CC(=O)c1cnn2ccncc12)c1ccc(Br)cc1. The van der Waals surface area contributed by atoms with Gasteiger partial charge in [0.1, 0.15) is 0 Å². The van der Waals surface area contributed by atoms with Crippen molar-refractivity contribution in [1.82, 2.24) is 14.6 Å². The molecule has 5 nitrogen and oxygen atoms in total. The minimum absolute atomic E-state index is 0.183. The van der Waals surface area contributed by atoms with Crippen molar-refractivity contribution in [2.24, 2.45) is 0 Å². The molecule has 0 N–H and O–H groups in total. The molecule has 0 atom stereocenters. The zero-order valence-electron chi connectivity index (χ0n) is 10.9. The summed E-state index contributed by atoms with van der Waals surface area (Å²) in [4.78, 5) is 28.3. The molecule has 0 spiro atoms. The lowest BCUT2D eigenvalue weighted by Crippen LogP contribution is -2.08. The van der Waals surface area contributed by atoms with Gasteiger partial charge in [-0.25, -0.2) is 4.52 Å². The minimum atomic E-state index is -0.258. The third-order valence-corrected chi connectivity index (χ3v) is 3.64. The first kappa shape index (κ1) is 13.6. The fourth-order valence-corrected chi connectivity index (χ4v) is 2.29. The van der Waals surface area contributed by atoms with Gasteiger partial charge in [-0.15, -0.1) is 0 Å². The van der Waals surface area contributed by atoms with Crippen molar-refractivity contribution in [2.75, 3.05) is 0 Å². The normalized spacial score (nSPS) is 10.7. The highest BCUT2D eigenvalue weighted by Gasteiger charge is 2.17. The van der Waals surface area contributed by atoms with Crippen molar-refractivity contribution in [3.05, 3.63) is 64.7 Å². The van der Waals surface area contributed by atoms with E-state index in [9.17, 15) is 9.59 Å². The Morgan fingerprint density at radius 3 is 2.62 bits per heavy atom. The lowest BCUT2D eigenvalue weighted by Gasteiger charge is -2.00. The van der Waals surface area contributed by atoms with E-state index in [2.05, 4.69) is 26.0 Å². The molecule has 3 rings (SSSR count). The number of hydrogen-bond acceptors (Lipinski definition) is 4. The van der Waals surface area contributed by atoms with Gasteiger partial charge in [0, 0.05) is 22.4 Å². The zero-order chi connectivity index (χ0) is 14.8. The second kappa shape index (κ2) is 5.57. The molecule has 104 valence electrons. The molecule has 2 heterocycles. The third-order valence-electron chi connectivity index (χ3n) is 3.11. The molecule has 21 heavy (non-hydrogen) atoms. The lowest BCUT2D eigenvalue weighted by atomic mass is 10.0. The largest absolute Gasteiger partial charge is 0.294 e. The van der Waals surface area contributed by atoms with Gasteiger partial charge in [0.2, 0.25) is 0 Å². The molecule has 0 unspecified atom stereocenters. The highest BCUT2D eigenvalue weighted by atomic mass is 79.9. The van der Waals surface area contributed by atoms with Gasteiger partial charge in [0.25, 0.3) is 0 Å². The Hall–Kier alpha value is -2.34. The summed E-state index contributed by atoms with van der Waals surface area (Å²) < 4.78 is 2.45. The Kier molecular flexibility index (Phi) is 3.62. The van der Waals surface area contributed by atoms with Gasteiger partial charge in [-0.1, -0.05) is 28.1 Å². The van der Waals surface area contributed by atoms with E-state index in [1.165, 1.54) is 6.20 Å². The van der Waals surface area contributed by atoms with Gasteiger partial charge >= 0.3 is 0 Å².